The zero-order valence-electron chi connectivity index (χ0n) is 15.7. The van der Waals surface area contributed by atoms with Crippen molar-refractivity contribution in [3.8, 4) is 17.4 Å². The fraction of sp³-hybridized carbons (Fsp3) is 0.333. The van der Waals surface area contributed by atoms with E-state index in [9.17, 15) is 13.2 Å². The van der Waals surface area contributed by atoms with E-state index >= 15 is 0 Å². The molecule has 0 aliphatic heterocycles. The van der Waals surface area contributed by atoms with Crippen molar-refractivity contribution in [2.24, 2.45) is 0 Å². The van der Waals surface area contributed by atoms with Crippen LogP contribution in [0.1, 0.15) is 12.0 Å². The summed E-state index contributed by atoms with van der Waals surface area (Å²) in [4.78, 5) is 5.29. The minimum Gasteiger partial charge on any atom is -0.490 e. The van der Waals surface area contributed by atoms with Gasteiger partial charge in [0.25, 0.3) is 5.17 Å². The van der Waals surface area contributed by atoms with Crippen molar-refractivity contribution in [3.05, 3.63) is 44.5 Å². The van der Waals surface area contributed by atoms with E-state index in [1.165, 1.54) is 12.1 Å². The van der Waals surface area contributed by atoms with Gasteiger partial charge >= 0.3 is 6.18 Å². The van der Waals surface area contributed by atoms with E-state index in [1.54, 1.807) is 19.0 Å². The first-order valence-corrected chi connectivity index (χ1v) is 10.3. The van der Waals surface area contributed by atoms with Crippen LogP contribution in [0.3, 0.4) is 0 Å². The van der Waals surface area contributed by atoms with Crippen LogP contribution in [0.25, 0.3) is 0 Å². The number of hydrogen-bond acceptors (Lipinski definition) is 5. The highest BCUT2D eigenvalue weighted by molar-refractivity contribution is 9.10. The maximum absolute atomic E-state index is 12.6. The molecule has 0 unspecified atom stereocenters. The molecule has 164 valence electrons. The fourth-order valence-electron chi connectivity index (χ4n) is 2.01. The molecule has 12 heteroatoms. The summed E-state index contributed by atoms with van der Waals surface area (Å²) in [5.74, 6) is 0.699. The van der Waals surface area contributed by atoms with Crippen molar-refractivity contribution in [2.45, 2.75) is 12.6 Å². The van der Waals surface area contributed by atoms with Crippen molar-refractivity contribution in [1.29, 1.82) is 0 Å². The molecule has 0 N–H and O–H groups in total. The number of pyridine rings is 1. The summed E-state index contributed by atoms with van der Waals surface area (Å²) in [6.45, 7) is 0.360. The molecule has 30 heavy (non-hydrogen) atoms. The molecule has 2 aromatic rings. The van der Waals surface area contributed by atoms with E-state index in [0.717, 1.165) is 6.07 Å². The Morgan fingerprint density at radius 2 is 1.73 bits per heavy atom. The lowest BCUT2D eigenvalue weighted by atomic mass is 10.3. The average molecular weight is 548 g/mol. The Morgan fingerprint density at radius 3 is 2.27 bits per heavy atom. The second kappa shape index (κ2) is 10.7. The number of aromatic nitrogens is 1. The van der Waals surface area contributed by atoms with Gasteiger partial charge in [-0.3, -0.25) is 0 Å². The van der Waals surface area contributed by atoms with Crippen molar-refractivity contribution < 1.29 is 27.4 Å². The minimum absolute atomic E-state index is 0.0532. The highest BCUT2D eigenvalue weighted by Gasteiger charge is 2.31. The highest BCUT2D eigenvalue weighted by atomic mass is 79.9. The van der Waals surface area contributed by atoms with E-state index in [2.05, 4.69) is 20.9 Å². The predicted octanol–water partition coefficient (Wildman–Crippen LogP) is 6.24. The van der Waals surface area contributed by atoms with E-state index in [-0.39, 0.29) is 44.5 Å². The molecule has 0 amide bonds. The van der Waals surface area contributed by atoms with Gasteiger partial charge in [0.2, 0.25) is 5.88 Å². The number of benzene rings is 1. The second-order valence-electron chi connectivity index (χ2n) is 6.04. The molecule has 0 saturated heterocycles. The first-order chi connectivity index (χ1) is 14.0. The Morgan fingerprint density at radius 1 is 1.13 bits per heavy atom. The van der Waals surface area contributed by atoms with Gasteiger partial charge in [-0.1, -0.05) is 23.2 Å². The van der Waals surface area contributed by atoms with E-state index < -0.39 is 11.7 Å². The average Bonchev–Trinajstić information content (AvgIpc) is 2.63. The Bertz CT molecular complexity index is 894. The normalized spacial score (nSPS) is 11.2. The number of alkyl halides is 3. The van der Waals surface area contributed by atoms with Gasteiger partial charge in [0, 0.05) is 38.8 Å². The van der Waals surface area contributed by atoms with Crippen LogP contribution < -0.4 is 14.2 Å². The number of ether oxygens (including phenoxy) is 3. The Hall–Kier alpha value is -1.49. The quantitative estimate of drug-likeness (QED) is 0.302. The predicted molar refractivity (Wildman–Crippen MR) is 116 cm³/mol. The number of hydrogen-bond donors (Lipinski definition) is 0. The monoisotopic (exact) mass is 546 g/mol. The Kier molecular flexibility index (Phi) is 8.84. The Labute approximate surface area is 195 Å². The van der Waals surface area contributed by atoms with Gasteiger partial charge in [0.05, 0.1) is 33.3 Å². The van der Waals surface area contributed by atoms with Crippen LogP contribution in [0.2, 0.25) is 10.0 Å². The summed E-state index contributed by atoms with van der Waals surface area (Å²) in [6, 6.07) is 3.96. The molecule has 0 saturated carbocycles. The van der Waals surface area contributed by atoms with E-state index in [4.69, 9.17) is 49.6 Å². The zero-order valence-corrected chi connectivity index (χ0v) is 19.6. The summed E-state index contributed by atoms with van der Waals surface area (Å²) in [5, 5.41) is 0.732. The molecule has 0 aliphatic rings. The molecule has 0 bridgehead atoms. The van der Waals surface area contributed by atoms with Crippen LogP contribution in [0, 0.1) is 0 Å². The largest absolute Gasteiger partial charge is 0.490 e. The number of rotatable bonds is 7. The number of nitrogens with zero attached hydrogens (tertiary/aromatic N) is 2. The van der Waals surface area contributed by atoms with Gasteiger partial charge in [0.15, 0.2) is 5.75 Å². The molecule has 0 radical (unpaired) electrons. The molecule has 0 fully saturated rings. The van der Waals surface area contributed by atoms with Gasteiger partial charge < -0.3 is 19.1 Å². The zero-order chi connectivity index (χ0) is 22.5. The van der Waals surface area contributed by atoms with Crippen LogP contribution in [0.4, 0.5) is 13.2 Å². The third kappa shape index (κ3) is 7.04. The lowest BCUT2D eigenvalue weighted by Gasteiger charge is -2.16. The molecule has 5 nitrogen and oxygen atoms in total. The molecule has 0 aliphatic carbocycles. The minimum atomic E-state index is -4.47. The topological polar surface area (TPSA) is 43.8 Å². The van der Waals surface area contributed by atoms with E-state index in [1.807, 2.05) is 0 Å². The summed E-state index contributed by atoms with van der Waals surface area (Å²) in [7, 11) is 3.48. The number of thiocarbonyl (C=S) groups is 1. The van der Waals surface area contributed by atoms with Crippen molar-refractivity contribution in [3.63, 3.8) is 0 Å². The third-order valence-corrected chi connectivity index (χ3v) is 5.03. The summed E-state index contributed by atoms with van der Waals surface area (Å²) >= 11 is 20.5. The summed E-state index contributed by atoms with van der Waals surface area (Å²) < 4.78 is 54.5. The summed E-state index contributed by atoms with van der Waals surface area (Å²) in [6.07, 6.45) is -3.36. The van der Waals surface area contributed by atoms with Crippen LogP contribution in [-0.2, 0) is 6.18 Å². The molecule has 1 heterocycles. The van der Waals surface area contributed by atoms with Crippen LogP contribution >= 0.6 is 51.3 Å². The highest BCUT2D eigenvalue weighted by Crippen LogP contribution is 2.37. The van der Waals surface area contributed by atoms with Crippen LogP contribution in [-0.4, -0.2) is 42.4 Å². The standard InChI is InChI=1S/C18H16BrCl2F3N2O3S/c1-26(2)17(30)29-11-7-13(20)15(14(21)8-11)27-4-3-5-28-16-12(19)6-10(9-25-16)18(22,23)24/h6-9H,3-5H2,1-2H3. The molecular formula is C18H16BrCl2F3N2O3S. The molecule has 1 aromatic heterocycles. The lowest BCUT2D eigenvalue weighted by molar-refractivity contribution is -0.137. The SMILES string of the molecule is CN(C)C(=S)Oc1cc(Cl)c(OCCCOc2ncc(C(F)(F)F)cc2Br)c(Cl)c1. The van der Waals surface area contributed by atoms with Crippen molar-refractivity contribution in [2.75, 3.05) is 27.3 Å². The van der Waals surface area contributed by atoms with Gasteiger partial charge in [-0.2, -0.15) is 13.2 Å². The molecule has 0 atom stereocenters. The first-order valence-electron chi connectivity index (χ1n) is 8.35. The van der Waals surface area contributed by atoms with Crippen LogP contribution in [0.5, 0.6) is 17.4 Å². The molecule has 2 rings (SSSR count). The van der Waals surface area contributed by atoms with Gasteiger partial charge in [-0.25, -0.2) is 4.98 Å². The third-order valence-electron chi connectivity index (χ3n) is 3.45. The van der Waals surface area contributed by atoms with Crippen LogP contribution in [0.15, 0.2) is 28.9 Å². The van der Waals surface area contributed by atoms with E-state index in [0.29, 0.717) is 18.4 Å². The van der Waals surface area contributed by atoms with Crippen molar-refractivity contribution >= 4 is 56.5 Å². The molecular weight excluding hydrogens is 532 g/mol. The maximum Gasteiger partial charge on any atom is 0.417 e. The second-order valence-corrected chi connectivity index (χ2v) is 8.06. The van der Waals surface area contributed by atoms with Crippen molar-refractivity contribution in [1.82, 2.24) is 9.88 Å². The lowest BCUT2D eigenvalue weighted by Crippen LogP contribution is -2.24. The molecule has 0 spiro atoms. The maximum atomic E-state index is 12.6. The number of halogens is 6. The van der Waals surface area contributed by atoms with Gasteiger partial charge in [0.1, 0.15) is 5.75 Å². The molecule has 1 aromatic carbocycles. The Balaban J connectivity index is 1.87. The van der Waals surface area contributed by atoms with Gasteiger partial charge in [-0.05, 0) is 34.2 Å². The van der Waals surface area contributed by atoms with Gasteiger partial charge in [-0.15, -0.1) is 0 Å². The smallest absolute Gasteiger partial charge is 0.417 e. The first kappa shape index (κ1) is 24.8. The fourth-order valence-corrected chi connectivity index (χ4v) is 3.15. The summed E-state index contributed by atoms with van der Waals surface area (Å²) in [5.41, 5.74) is -0.867.